The highest BCUT2D eigenvalue weighted by Crippen LogP contribution is 2.25. The van der Waals surface area contributed by atoms with E-state index in [9.17, 15) is 0 Å². The third kappa shape index (κ3) is 4.96. The van der Waals surface area contributed by atoms with Gasteiger partial charge in [-0.05, 0) is 62.6 Å². The van der Waals surface area contributed by atoms with Crippen molar-refractivity contribution in [3.8, 4) is 5.75 Å². The Bertz CT molecular complexity index is 952. The first-order valence-corrected chi connectivity index (χ1v) is 10.1. The van der Waals surface area contributed by atoms with Gasteiger partial charge in [-0.15, -0.1) is 0 Å². The Labute approximate surface area is 172 Å². The van der Waals surface area contributed by atoms with Crippen LogP contribution in [0.5, 0.6) is 5.75 Å². The first-order chi connectivity index (χ1) is 14.2. The number of methoxy groups -OCH3 is 1. The number of aromatic nitrogens is 2. The van der Waals surface area contributed by atoms with Gasteiger partial charge in [-0.3, -0.25) is 0 Å². The fourth-order valence-electron chi connectivity index (χ4n) is 3.57. The van der Waals surface area contributed by atoms with Crippen molar-refractivity contribution < 1.29 is 4.74 Å². The molecule has 2 heterocycles. The molecule has 1 aliphatic heterocycles. The highest BCUT2D eigenvalue weighted by molar-refractivity contribution is 5.63. The lowest BCUT2D eigenvalue weighted by Crippen LogP contribution is -2.29. The SMILES string of the molecule is COc1cccc(Nc2nc(C)cc(Nc3ccc(N4CCCCC4)cc3)n2)c1. The van der Waals surface area contributed by atoms with E-state index in [1.165, 1.54) is 24.9 Å². The van der Waals surface area contributed by atoms with E-state index in [1.807, 2.05) is 37.3 Å². The number of anilines is 5. The normalized spacial score (nSPS) is 13.8. The maximum Gasteiger partial charge on any atom is 0.229 e. The van der Waals surface area contributed by atoms with Gasteiger partial charge in [0.2, 0.25) is 5.95 Å². The Morgan fingerprint density at radius 2 is 1.66 bits per heavy atom. The molecule has 29 heavy (non-hydrogen) atoms. The summed E-state index contributed by atoms with van der Waals surface area (Å²) in [7, 11) is 1.65. The predicted octanol–water partition coefficient (Wildman–Crippen LogP) is 5.27. The van der Waals surface area contributed by atoms with Crippen LogP contribution in [0, 0.1) is 6.92 Å². The van der Waals surface area contributed by atoms with Crippen molar-refractivity contribution in [2.75, 3.05) is 35.7 Å². The molecule has 0 unspecified atom stereocenters. The molecule has 1 aliphatic rings. The van der Waals surface area contributed by atoms with Gasteiger partial charge in [0.05, 0.1) is 7.11 Å². The second-order valence-electron chi connectivity index (χ2n) is 7.29. The van der Waals surface area contributed by atoms with E-state index in [0.717, 1.165) is 41.7 Å². The van der Waals surface area contributed by atoms with E-state index in [4.69, 9.17) is 4.74 Å². The molecule has 0 spiro atoms. The van der Waals surface area contributed by atoms with Gasteiger partial charge in [-0.25, -0.2) is 4.98 Å². The summed E-state index contributed by atoms with van der Waals surface area (Å²) in [5, 5.41) is 6.64. The number of ether oxygens (including phenoxy) is 1. The number of hydrogen-bond acceptors (Lipinski definition) is 6. The van der Waals surface area contributed by atoms with Crippen molar-refractivity contribution in [1.29, 1.82) is 0 Å². The zero-order valence-electron chi connectivity index (χ0n) is 17.0. The predicted molar refractivity (Wildman–Crippen MR) is 119 cm³/mol. The summed E-state index contributed by atoms with van der Waals surface area (Å²) in [5.74, 6) is 2.09. The number of hydrogen-bond donors (Lipinski definition) is 2. The molecule has 0 aliphatic carbocycles. The van der Waals surface area contributed by atoms with E-state index < -0.39 is 0 Å². The van der Waals surface area contributed by atoms with Crippen molar-refractivity contribution in [3.05, 3.63) is 60.3 Å². The van der Waals surface area contributed by atoms with E-state index in [-0.39, 0.29) is 0 Å². The van der Waals surface area contributed by atoms with Crippen LogP contribution in [0.25, 0.3) is 0 Å². The second-order valence-corrected chi connectivity index (χ2v) is 7.29. The molecule has 1 aromatic heterocycles. The number of piperidine rings is 1. The average molecular weight is 390 g/mol. The number of benzene rings is 2. The number of nitrogens with one attached hydrogen (secondary N) is 2. The molecule has 4 rings (SSSR count). The van der Waals surface area contributed by atoms with Crippen LogP contribution in [0.4, 0.5) is 28.8 Å². The zero-order chi connectivity index (χ0) is 20.1. The van der Waals surface area contributed by atoms with Gasteiger partial charge in [0.15, 0.2) is 0 Å². The Kier molecular flexibility index (Phi) is 5.79. The van der Waals surface area contributed by atoms with Crippen LogP contribution in [0.15, 0.2) is 54.6 Å². The molecule has 0 amide bonds. The van der Waals surface area contributed by atoms with Crippen molar-refractivity contribution in [1.82, 2.24) is 9.97 Å². The molecule has 0 bridgehead atoms. The Hall–Kier alpha value is -3.28. The van der Waals surface area contributed by atoms with Crippen molar-refractivity contribution in [3.63, 3.8) is 0 Å². The molecule has 0 atom stereocenters. The monoisotopic (exact) mass is 389 g/mol. The Morgan fingerprint density at radius 1 is 0.862 bits per heavy atom. The highest BCUT2D eigenvalue weighted by atomic mass is 16.5. The lowest BCUT2D eigenvalue weighted by atomic mass is 10.1. The van der Waals surface area contributed by atoms with Crippen LogP contribution < -0.4 is 20.3 Å². The van der Waals surface area contributed by atoms with Crippen LogP contribution in [0.2, 0.25) is 0 Å². The van der Waals surface area contributed by atoms with E-state index in [2.05, 4.69) is 49.8 Å². The van der Waals surface area contributed by atoms with Crippen molar-refractivity contribution >= 4 is 28.8 Å². The quantitative estimate of drug-likeness (QED) is 0.599. The molecule has 6 heteroatoms. The minimum absolute atomic E-state index is 0.547. The van der Waals surface area contributed by atoms with Crippen LogP contribution in [0.3, 0.4) is 0 Å². The summed E-state index contributed by atoms with van der Waals surface area (Å²) < 4.78 is 5.28. The fourth-order valence-corrected chi connectivity index (χ4v) is 3.57. The Balaban J connectivity index is 1.47. The van der Waals surface area contributed by atoms with Gasteiger partial charge < -0.3 is 20.3 Å². The van der Waals surface area contributed by atoms with Crippen molar-refractivity contribution in [2.45, 2.75) is 26.2 Å². The van der Waals surface area contributed by atoms with Gasteiger partial charge in [-0.1, -0.05) is 6.07 Å². The molecule has 1 fully saturated rings. The third-order valence-electron chi connectivity index (χ3n) is 5.04. The molecule has 6 nitrogen and oxygen atoms in total. The maximum atomic E-state index is 5.28. The van der Waals surface area contributed by atoms with Crippen LogP contribution in [-0.4, -0.2) is 30.2 Å². The lowest BCUT2D eigenvalue weighted by Gasteiger charge is -2.28. The lowest BCUT2D eigenvalue weighted by molar-refractivity contribution is 0.415. The zero-order valence-corrected chi connectivity index (χ0v) is 17.0. The second kappa shape index (κ2) is 8.82. The smallest absolute Gasteiger partial charge is 0.229 e. The molecule has 2 N–H and O–H groups in total. The highest BCUT2D eigenvalue weighted by Gasteiger charge is 2.11. The van der Waals surface area contributed by atoms with E-state index in [0.29, 0.717) is 5.95 Å². The first kappa shape index (κ1) is 19.1. The molecule has 0 radical (unpaired) electrons. The summed E-state index contributed by atoms with van der Waals surface area (Å²) in [5.41, 5.74) is 4.07. The van der Waals surface area contributed by atoms with Gasteiger partial charge in [-0.2, -0.15) is 4.98 Å². The molecule has 3 aromatic rings. The molecule has 2 aromatic carbocycles. The number of rotatable bonds is 6. The average Bonchev–Trinajstić information content (AvgIpc) is 2.75. The third-order valence-corrected chi connectivity index (χ3v) is 5.04. The minimum atomic E-state index is 0.547. The van der Waals surface area contributed by atoms with Crippen LogP contribution >= 0.6 is 0 Å². The standard InChI is InChI=1S/C23H27N5O/c1-17-15-22(27-23(24-17)26-19-7-6-8-21(16-19)29-2)25-18-9-11-20(12-10-18)28-13-4-3-5-14-28/h6-12,15-16H,3-5,13-14H2,1-2H3,(H2,24,25,26,27). The van der Waals surface area contributed by atoms with E-state index in [1.54, 1.807) is 7.11 Å². The van der Waals surface area contributed by atoms with Gasteiger partial charge in [0, 0.05) is 48.0 Å². The molecular formula is C23H27N5O. The summed E-state index contributed by atoms with van der Waals surface area (Å²) >= 11 is 0. The number of aryl methyl sites for hydroxylation is 1. The van der Waals surface area contributed by atoms with Gasteiger partial charge in [0.25, 0.3) is 0 Å². The summed E-state index contributed by atoms with van der Waals surface area (Å²) in [6.45, 7) is 4.26. The summed E-state index contributed by atoms with van der Waals surface area (Å²) in [6.07, 6.45) is 3.90. The molecule has 1 saturated heterocycles. The molecular weight excluding hydrogens is 362 g/mol. The largest absolute Gasteiger partial charge is 0.497 e. The first-order valence-electron chi connectivity index (χ1n) is 10.1. The fraction of sp³-hybridized carbons (Fsp3) is 0.304. The topological polar surface area (TPSA) is 62.3 Å². The van der Waals surface area contributed by atoms with Gasteiger partial charge in [0.1, 0.15) is 11.6 Å². The van der Waals surface area contributed by atoms with Gasteiger partial charge >= 0.3 is 0 Å². The number of nitrogens with zero attached hydrogens (tertiary/aromatic N) is 3. The summed E-state index contributed by atoms with van der Waals surface area (Å²) in [6, 6.07) is 18.2. The summed E-state index contributed by atoms with van der Waals surface area (Å²) in [4.78, 5) is 11.6. The van der Waals surface area contributed by atoms with E-state index >= 15 is 0 Å². The Morgan fingerprint density at radius 3 is 2.41 bits per heavy atom. The van der Waals surface area contributed by atoms with Crippen LogP contribution in [0.1, 0.15) is 25.0 Å². The van der Waals surface area contributed by atoms with Crippen LogP contribution in [-0.2, 0) is 0 Å². The molecule has 150 valence electrons. The van der Waals surface area contributed by atoms with Crippen molar-refractivity contribution in [2.24, 2.45) is 0 Å². The maximum absolute atomic E-state index is 5.28. The molecule has 0 saturated carbocycles. The minimum Gasteiger partial charge on any atom is -0.497 e.